The Morgan fingerprint density at radius 2 is 1.81 bits per heavy atom. The number of para-hydroxylation sites is 1. The number of carboxylic acid groups (broad SMARTS) is 1. The van der Waals surface area contributed by atoms with Crippen molar-refractivity contribution >= 4 is 11.7 Å². The van der Waals surface area contributed by atoms with E-state index in [0.29, 0.717) is 0 Å². The monoisotopic (exact) mass is 235 g/mol. The second-order valence-electron chi connectivity index (χ2n) is 2.86. The van der Waals surface area contributed by atoms with Crippen molar-refractivity contribution in [2.45, 2.75) is 19.5 Å². The summed E-state index contributed by atoms with van der Waals surface area (Å²) >= 11 is 0. The largest absolute Gasteiger partial charge is 0.490 e. The molecule has 1 aromatic carbocycles. The van der Waals surface area contributed by atoms with Gasteiger partial charge in [-0.25, -0.2) is 4.79 Å². The molecule has 90 valence electrons. The number of carbonyl (C=O) groups is 1. The number of halogens is 3. The Kier molecular flexibility index (Phi) is 5.35. The highest BCUT2D eigenvalue weighted by Crippen LogP contribution is 2.13. The van der Waals surface area contributed by atoms with Crippen LogP contribution in [0.3, 0.4) is 0 Å². The molecule has 0 saturated carbocycles. The van der Waals surface area contributed by atoms with Gasteiger partial charge in [-0.15, -0.1) is 0 Å². The molecule has 0 fully saturated rings. The summed E-state index contributed by atoms with van der Waals surface area (Å²) in [5.74, 6) is -2.76. The van der Waals surface area contributed by atoms with Gasteiger partial charge < -0.3 is 10.8 Å². The Bertz CT molecular complexity index is 350. The summed E-state index contributed by atoms with van der Waals surface area (Å²) in [4.78, 5) is 8.90. The van der Waals surface area contributed by atoms with Crippen LogP contribution in [0.4, 0.5) is 18.9 Å². The van der Waals surface area contributed by atoms with Crippen LogP contribution in [0.2, 0.25) is 0 Å². The molecule has 1 rings (SSSR count). The van der Waals surface area contributed by atoms with E-state index >= 15 is 0 Å². The number of nitrogen functional groups attached to an aromatic ring is 1. The summed E-state index contributed by atoms with van der Waals surface area (Å²) in [6, 6.07) is 7.94. The van der Waals surface area contributed by atoms with Gasteiger partial charge in [-0.05, 0) is 18.1 Å². The van der Waals surface area contributed by atoms with Crippen molar-refractivity contribution in [3.8, 4) is 0 Å². The number of hydrogen-bond acceptors (Lipinski definition) is 2. The summed E-state index contributed by atoms with van der Waals surface area (Å²) in [6.07, 6.45) is -4.06. The molecule has 0 aliphatic heterocycles. The lowest BCUT2D eigenvalue weighted by atomic mass is 10.1. The fraction of sp³-hybridized carbons (Fsp3) is 0.300. The molecule has 1 aromatic rings. The first-order valence-corrected chi connectivity index (χ1v) is 4.42. The number of alkyl halides is 3. The number of aliphatic carboxylic acids is 1. The van der Waals surface area contributed by atoms with E-state index in [1.54, 1.807) is 0 Å². The van der Waals surface area contributed by atoms with Crippen LogP contribution in [-0.4, -0.2) is 17.3 Å². The number of hydrogen-bond donors (Lipinski definition) is 2. The predicted molar refractivity (Wildman–Crippen MR) is 53.9 cm³/mol. The van der Waals surface area contributed by atoms with E-state index in [-0.39, 0.29) is 0 Å². The van der Waals surface area contributed by atoms with Crippen molar-refractivity contribution in [1.82, 2.24) is 0 Å². The highest BCUT2D eigenvalue weighted by atomic mass is 19.4. The Morgan fingerprint density at radius 3 is 2.06 bits per heavy atom. The van der Waals surface area contributed by atoms with Crippen molar-refractivity contribution in [3.63, 3.8) is 0 Å². The molecule has 0 aliphatic carbocycles. The van der Waals surface area contributed by atoms with Crippen LogP contribution in [0.15, 0.2) is 24.3 Å². The average molecular weight is 235 g/mol. The van der Waals surface area contributed by atoms with E-state index in [9.17, 15) is 13.2 Å². The second kappa shape index (κ2) is 5.99. The first-order valence-electron chi connectivity index (χ1n) is 4.42. The lowest BCUT2D eigenvalue weighted by Gasteiger charge is -1.98. The van der Waals surface area contributed by atoms with Crippen LogP contribution in [0, 0.1) is 0 Å². The third-order valence-corrected chi connectivity index (χ3v) is 1.68. The second-order valence-corrected chi connectivity index (χ2v) is 2.86. The molecule has 0 unspecified atom stereocenters. The molecule has 0 radical (unpaired) electrons. The zero-order chi connectivity index (χ0) is 12.8. The Labute approximate surface area is 90.7 Å². The van der Waals surface area contributed by atoms with E-state index < -0.39 is 12.1 Å². The first-order chi connectivity index (χ1) is 7.29. The molecular weight excluding hydrogens is 223 g/mol. The number of nitrogens with two attached hydrogens (primary N) is 1. The summed E-state index contributed by atoms with van der Waals surface area (Å²) < 4.78 is 31.7. The third-order valence-electron chi connectivity index (χ3n) is 1.68. The summed E-state index contributed by atoms with van der Waals surface area (Å²) in [6.45, 7) is 2.10. The van der Waals surface area contributed by atoms with E-state index in [4.69, 9.17) is 15.6 Å². The number of rotatable bonds is 1. The maximum atomic E-state index is 10.6. The lowest BCUT2D eigenvalue weighted by Crippen LogP contribution is -2.21. The maximum Gasteiger partial charge on any atom is 0.490 e. The molecular formula is C10H12F3NO2. The Morgan fingerprint density at radius 1 is 1.38 bits per heavy atom. The molecule has 0 bridgehead atoms. The van der Waals surface area contributed by atoms with E-state index in [2.05, 4.69) is 13.0 Å². The molecule has 0 heterocycles. The van der Waals surface area contributed by atoms with Crippen molar-refractivity contribution in [2.75, 3.05) is 5.73 Å². The highest BCUT2D eigenvalue weighted by Gasteiger charge is 2.38. The zero-order valence-corrected chi connectivity index (χ0v) is 8.58. The SMILES string of the molecule is CCc1ccccc1N.O=C(O)C(F)(F)F. The summed E-state index contributed by atoms with van der Waals surface area (Å²) in [5.41, 5.74) is 7.77. The number of benzene rings is 1. The highest BCUT2D eigenvalue weighted by molar-refractivity contribution is 5.73. The topological polar surface area (TPSA) is 63.3 Å². The minimum atomic E-state index is -5.08. The molecule has 6 heteroatoms. The maximum absolute atomic E-state index is 10.6. The predicted octanol–water partition coefficient (Wildman–Crippen LogP) is 2.46. The molecule has 3 N–H and O–H groups in total. The van der Waals surface area contributed by atoms with Gasteiger partial charge in [0.1, 0.15) is 0 Å². The van der Waals surface area contributed by atoms with Crippen molar-refractivity contribution in [2.24, 2.45) is 0 Å². The van der Waals surface area contributed by atoms with Gasteiger partial charge in [0.2, 0.25) is 0 Å². The van der Waals surface area contributed by atoms with Gasteiger partial charge in [0.25, 0.3) is 0 Å². The van der Waals surface area contributed by atoms with E-state index in [1.165, 1.54) is 5.56 Å². The van der Waals surface area contributed by atoms with Crippen molar-refractivity contribution in [1.29, 1.82) is 0 Å². The third kappa shape index (κ3) is 5.23. The van der Waals surface area contributed by atoms with Gasteiger partial charge in [0.05, 0.1) is 0 Å². The first kappa shape index (κ1) is 14.3. The van der Waals surface area contributed by atoms with Gasteiger partial charge in [-0.3, -0.25) is 0 Å². The van der Waals surface area contributed by atoms with Gasteiger partial charge in [-0.1, -0.05) is 25.1 Å². The minimum absolute atomic E-state index is 0.903. The van der Waals surface area contributed by atoms with Crippen molar-refractivity contribution in [3.05, 3.63) is 29.8 Å². The van der Waals surface area contributed by atoms with Crippen LogP contribution >= 0.6 is 0 Å². The molecule has 0 spiro atoms. The molecule has 0 atom stereocenters. The molecule has 0 saturated heterocycles. The smallest absolute Gasteiger partial charge is 0.475 e. The number of aryl methyl sites for hydroxylation is 1. The van der Waals surface area contributed by atoms with E-state index in [0.717, 1.165) is 12.1 Å². The average Bonchev–Trinajstić information content (AvgIpc) is 2.18. The quantitative estimate of drug-likeness (QED) is 0.735. The fourth-order valence-corrected chi connectivity index (χ4v) is 0.856. The van der Waals surface area contributed by atoms with Gasteiger partial charge in [0.15, 0.2) is 0 Å². The van der Waals surface area contributed by atoms with Gasteiger partial charge in [0, 0.05) is 5.69 Å². The standard InChI is InChI=1S/C8H11N.C2HF3O2/c1-2-7-5-3-4-6-8(7)9;3-2(4,5)1(6)7/h3-6H,2,9H2,1H3;(H,6,7). The Balaban J connectivity index is 0.000000293. The van der Waals surface area contributed by atoms with Crippen LogP contribution in [0.5, 0.6) is 0 Å². The van der Waals surface area contributed by atoms with Crippen molar-refractivity contribution < 1.29 is 23.1 Å². The molecule has 16 heavy (non-hydrogen) atoms. The summed E-state index contributed by atoms with van der Waals surface area (Å²) in [5, 5.41) is 7.12. The number of anilines is 1. The fourth-order valence-electron chi connectivity index (χ4n) is 0.856. The van der Waals surface area contributed by atoms with Crippen LogP contribution in [-0.2, 0) is 11.2 Å². The van der Waals surface area contributed by atoms with Crippen LogP contribution < -0.4 is 5.73 Å². The molecule has 3 nitrogen and oxygen atoms in total. The van der Waals surface area contributed by atoms with Gasteiger partial charge in [-0.2, -0.15) is 13.2 Å². The molecule has 0 aliphatic rings. The normalized spacial score (nSPS) is 10.2. The van der Waals surface area contributed by atoms with Gasteiger partial charge >= 0.3 is 12.1 Å². The van der Waals surface area contributed by atoms with Crippen LogP contribution in [0.25, 0.3) is 0 Å². The molecule has 0 aromatic heterocycles. The summed E-state index contributed by atoms with van der Waals surface area (Å²) in [7, 11) is 0. The number of carboxylic acids is 1. The van der Waals surface area contributed by atoms with Crippen LogP contribution in [0.1, 0.15) is 12.5 Å². The van der Waals surface area contributed by atoms with E-state index in [1.807, 2.05) is 18.2 Å². The minimum Gasteiger partial charge on any atom is -0.475 e. The zero-order valence-electron chi connectivity index (χ0n) is 8.58. The Hall–Kier alpha value is -1.72. The molecule has 0 amide bonds. The lowest BCUT2D eigenvalue weighted by molar-refractivity contribution is -0.192.